The van der Waals surface area contributed by atoms with Crippen LogP contribution in [0.1, 0.15) is 13.3 Å². The standard InChI is InChI=1S/C9H15NO4S/c1-5(4-15)8(12)10-3-6(11)2-7(10)9(13)14/h5-7,11,15H,2-4H2,1H3,(H,13,14)/t5?,6-,7-/m0/s1. The van der Waals surface area contributed by atoms with Crippen LogP contribution in [0.25, 0.3) is 0 Å². The molecule has 1 aliphatic rings. The average Bonchev–Trinajstić information content (AvgIpc) is 2.58. The number of β-amino-alcohol motifs (C(OH)–C–C–N with tert-alkyl or cyclic N) is 1. The summed E-state index contributed by atoms with van der Waals surface area (Å²) in [5, 5.41) is 18.2. The van der Waals surface area contributed by atoms with E-state index >= 15 is 0 Å². The van der Waals surface area contributed by atoms with Gasteiger partial charge in [-0.05, 0) is 0 Å². The van der Waals surface area contributed by atoms with Gasteiger partial charge in [0.25, 0.3) is 0 Å². The number of amides is 1. The number of rotatable bonds is 3. The summed E-state index contributed by atoms with van der Waals surface area (Å²) in [5.74, 6) is -1.27. The van der Waals surface area contributed by atoms with Gasteiger partial charge in [0.15, 0.2) is 0 Å². The Morgan fingerprint density at radius 1 is 1.60 bits per heavy atom. The monoisotopic (exact) mass is 233 g/mol. The molecule has 86 valence electrons. The highest BCUT2D eigenvalue weighted by atomic mass is 32.1. The van der Waals surface area contributed by atoms with Gasteiger partial charge in [0.2, 0.25) is 5.91 Å². The van der Waals surface area contributed by atoms with E-state index < -0.39 is 18.1 Å². The van der Waals surface area contributed by atoms with Crippen LogP contribution < -0.4 is 0 Å². The number of aliphatic hydroxyl groups is 1. The number of aliphatic hydroxyl groups excluding tert-OH is 1. The Kier molecular flexibility index (Phi) is 3.98. The minimum absolute atomic E-state index is 0.105. The van der Waals surface area contributed by atoms with Crippen LogP contribution in [0.2, 0.25) is 0 Å². The van der Waals surface area contributed by atoms with Crippen molar-refractivity contribution < 1.29 is 19.8 Å². The quantitative estimate of drug-likeness (QED) is 0.580. The van der Waals surface area contributed by atoms with Gasteiger partial charge in [-0.25, -0.2) is 4.79 Å². The molecule has 0 spiro atoms. The molecule has 1 fully saturated rings. The molecule has 1 rings (SSSR count). The Morgan fingerprint density at radius 3 is 2.67 bits per heavy atom. The van der Waals surface area contributed by atoms with Crippen LogP contribution in [0.15, 0.2) is 0 Å². The second kappa shape index (κ2) is 4.85. The van der Waals surface area contributed by atoms with Crippen molar-refractivity contribution in [2.75, 3.05) is 12.3 Å². The maximum atomic E-state index is 11.7. The average molecular weight is 233 g/mol. The van der Waals surface area contributed by atoms with Crippen LogP contribution in [-0.2, 0) is 9.59 Å². The van der Waals surface area contributed by atoms with Crippen LogP contribution in [-0.4, -0.2) is 51.4 Å². The van der Waals surface area contributed by atoms with Crippen molar-refractivity contribution in [3.8, 4) is 0 Å². The number of hydrogen-bond acceptors (Lipinski definition) is 4. The SMILES string of the molecule is CC(CS)C(=O)N1C[C@@H](O)C[C@H]1C(=O)O. The Bertz CT molecular complexity index is 271. The van der Waals surface area contributed by atoms with Gasteiger partial charge in [-0.3, -0.25) is 4.79 Å². The van der Waals surface area contributed by atoms with Gasteiger partial charge in [0.1, 0.15) is 6.04 Å². The lowest BCUT2D eigenvalue weighted by Crippen LogP contribution is -2.43. The van der Waals surface area contributed by atoms with Crippen molar-refractivity contribution in [2.45, 2.75) is 25.5 Å². The van der Waals surface area contributed by atoms with E-state index in [9.17, 15) is 14.7 Å². The first kappa shape index (κ1) is 12.3. The number of carboxylic acids is 1. The van der Waals surface area contributed by atoms with E-state index in [-0.39, 0.29) is 24.8 Å². The number of carbonyl (C=O) groups excluding carboxylic acids is 1. The number of thiol groups is 1. The van der Waals surface area contributed by atoms with Crippen molar-refractivity contribution in [1.29, 1.82) is 0 Å². The fraction of sp³-hybridized carbons (Fsp3) is 0.778. The van der Waals surface area contributed by atoms with Gasteiger partial charge in [0.05, 0.1) is 6.10 Å². The number of aliphatic carboxylic acids is 1. The van der Waals surface area contributed by atoms with Crippen LogP contribution in [0.3, 0.4) is 0 Å². The molecule has 0 aromatic carbocycles. The predicted octanol–water partition coefficient (Wildman–Crippen LogP) is -0.401. The lowest BCUT2D eigenvalue weighted by atomic mass is 10.1. The second-order valence-electron chi connectivity index (χ2n) is 3.82. The zero-order valence-corrected chi connectivity index (χ0v) is 9.35. The number of carbonyl (C=O) groups is 2. The number of carboxylic acid groups (broad SMARTS) is 1. The van der Waals surface area contributed by atoms with Crippen molar-refractivity contribution in [1.82, 2.24) is 4.90 Å². The zero-order valence-electron chi connectivity index (χ0n) is 8.46. The molecule has 1 unspecified atom stereocenters. The zero-order chi connectivity index (χ0) is 11.6. The Labute approximate surface area is 93.5 Å². The summed E-state index contributed by atoms with van der Waals surface area (Å²) in [7, 11) is 0. The predicted molar refractivity (Wildman–Crippen MR) is 56.8 cm³/mol. The molecule has 6 heteroatoms. The molecule has 0 aromatic heterocycles. The van der Waals surface area contributed by atoms with E-state index in [1.54, 1.807) is 6.92 Å². The second-order valence-corrected chi connectivity index (χ2v) is 4.18. The summed E-state index contributed by atoms with van der Waals surface area (Å²) in [4.78, 5) is 23.8. The summed E-state index contributed by atoms with van der Waals surface area (Å²) in [5.41, 5.74) is 0. The van der Waals surface area contributed by atoms with E-state index in [4.69, 9.17) is 5.11 Å². The topological polar surface area (TPSA) is 77.8 Å². The number of nitrogens with zero attached hydrogens (tertiary/aromatic N) is 1. The molecule has 0 bridgehead atoms. The summed E-state index contributed by atoms with van der Waals surface area (Å²) >= 11 is 3.99. The fourth-order valence-electron chi connectivity index (χ4n) is 1.65. The smallest absolute Gasteiger partial charge is 0.326 e. The normalized spacial score (nSPS) is 27.8. The van der Waals surface area contributed by atoms with E-state index in [0.717, 1.165) is 0 Å². The fourth-order valence-corrected chi connectivity index (χ4v) is 1.81. The highest BCUT2D eigenvalue weighted by Gasteiger charge is 2.39. The van der Waals surface area contributed by atoms with Crippen molar-refractivity contribution in [3.05, 3.63) is 0 Å². The molecule has 15 heavy (non-hydrogen) atoms. The Morgan fingerprint density at radius 2 is 2.20 bits per heavy atom. The van der Waals surface area contributed by atoms with Gasteiger partial charge in [-0.1, -0.05) is 6.92 Å². The maximum Gasteiger partial charge on any atom is 0.326 e. The van der Waals surface area contributed by atoms with E-state index in [2.05, 4.69) is 12.6 Å². The molecular weight excluding hydrogens is 218 g/mol. The third-order valence-electron chi connectivity index (χ3n) is 2.54. The van der Waals surface area contributed by atoms with Gasteiger partial charge in [0, 0.05) is 24.6 Å². The lowest BCUT2D eigenvalue weighted by Gasteiger charge is -2.23. The summed E-state index contributed by atoms with van der Waals surface area (Å²) < 4.78 is 0. The molecule has 1 heterocycles. The van der Waals surface area contributed by atoms with E-state index in [0.29, 0.717) is 5.75 Å². The maximum absolute atomic E-state index is 11.7. The van der Waals surface area contributed by atoms with Crippen LogP contribution in [0.5, 0.6) is 0 Å². The summed E-state index contributed by atoms with van der Waals surface area (Å²) in [6, 6.07) is -0.894. The largest absolute Gasteiger partial charge is 0.480 e. The van der Waals surface area contributed by atoms with Crippen LogP contribution >= 0.6 is 12.6 Å². The van der Waals surface area contributed by atoms with Crippen molar-refractivity contribution in [3.63, 3.8) is 0 Å². The summed E-state index contributed by atoms with van der Waals surface area (Å²) in [6.45, 7) is 1.80. The third kappa shape index (κ3) is 2.63. The van der Waals surface area contributed by atoms with Gasteiger partial charge < -0.3 is 15.1 Å². The number of hydrogen-bond donors (Lipinski definition) is 3. The minimum atomic E-state index is -1.06. The molecule has 0 saturated carbocycles. The van der Waals surface area contributed by atoms with Crippen molar-refractivity contribution >= 4 is 24.5 Å². The third-order valence-corrected chi connectivity index (χ3v) is 3.09. The van der Waals surface area contributed by atoms with Gasteiger partial charge >= 0.3 is 5.97 Å². The van der Waals surface area contributed by atoms with Gasteiger partial charge in [-0.2, -0.15) is 12.6 Å². The van der Waals surface area contributed by atoms with Crippen LogP contribution in [0.4, 0.5) is 0 Å². The lowest BCUT2D eigenvalue weighted by molar-refractivity contribution is -0.149. The highest BCUT2D eigenvalue weighted by molar-refractivity contribution is 7.80. The summed E-state index contributed by atoms with van der Waals surface area (Å²) in [6.07, 6.45) is -0.623. The minimum Gasteiger partial charge on any atom is -0.480 e. The molecular formula is C9H15NO4S. The molecule has 0 aliphatic carbocycles. The Hall–Kier alpha value is -0.750. The first-order valence-electron chi connectivity index (χ1n) is 4.79. The number of likely N-dealkylation sites (tertiary alicyclic amines) is 1. The first-order valence-corrected chi connectivity index (χ1v) is 5.42. The van der Waals surface area contributed by atoms with E-state index in [1.165, 1.54) is 4.90 Å². The Balaban J connectivity index is 2.75. The highest BCUT2D eigenvalue weighted by Crippen LogP contribution is 2.20. The first-order chi connectivity index (χ1) is 6.97. The molecule has 3 atom stereocenters. The molecule has 0 aromatic rings. The molecule has 1 amide bonds. The molecule has 5 nitrogen and oxygen atoms in total. The van der Waals surface area contributed by atoms with Crippen LogP contribution in [0, 0.1) is 5.92 Å². The van der Waals surface area contributed by atoms with E-state index in [1.807, 2.05) is 0 Å². The van der Waals surface area contributed by atoms with Gasteiger partial charge in [-0.15, -0.1) is 0 Å². The molecule has 0 radical (unpaired) electrons. The molecule has 1 saturated heterocycles. The van der Waals surface area contributed by atoms with Crippen molar-refractivity contribution in [2.24, 2.45) is 5.92 Å². The molecule has 2 N–H and O–H groups in total. The molecule has 1 aliphatic heterocycles.